The number of nitrogens with one attached hydrogen (secondary N) is 1. The normalized spacial score (nSPS) is 20.6. The van der Waals surface area contributed by atoms with Crippen LogP contribution in [0.15, 0.2) is 4.79 Å². The number of nitrogens with zero attached hydrogens (tertiary/aromatic N) is 4. The molecule has 30 heavy (non-hydrogen) atoms. The number of aromatic amines is 1. The zero-order valence-corrected chi connectivity index (χ0v) is 19.2. The summed E-state index contributed by atoms with van der Waals surface area (Å²) in [6.07, 6.45) is 3.82. The van der Waals surface area contributed by atoms with Crippen molar-refractivity contribution in [3.63, 3.8) is 0 Å². The highest BCUT2D eigenvalue weighted by Crippen LogP contribution is 2.27. The molecule has 1 aromatic rings. The van der Waals surface area contributed by atoms with Gasteiger partial charge < -0.3 is 9.88 Å². The lowest BCUT2D eigenvalue weighted by molar-refractivity contribution is -0.137. The summed E-state index contributed by atoms with van der Waals surface area (Å²) < 4.78 is 27.3. The number of H-pyrrole nitrogens is 1. The van der Waals surface area contributed by atoms with Gasteiger partial charge in [0.05, 0.1) is 11.3 Å². The van der Waals surface area contributed by atoms with Gasteiger partial charge >= 0.3 is 0 Å². The van der Waals surface area contributed by atoms with Crippen molar-refractivity contribution in [2.45, 2.75) is 58.4 Å². The number of piperidine rings is 1. The van der Waals surface area contributed by atoms with E-state index >= 15 is 0 Å². The average Bonchev–Trinajstić information content (AvgIpc) is 2.74. The van der Waals surface area contributed by atoms with E-state index in [2.05, 4.69) is 4.98 Å². The van der Waals surface area contributed by atoms with E-state index in [1.807, 2.05) is 18.7 Å². The molecule has 2 aliphatic rings. The van der Waals surface area contributed by atoms with Gasteiger partial charge in [-0.3, -0.25) is 9.59 Å². The summed E-state index contributed by atoms with van der Waals surface area (Å²) in [5.74, 6) is 0.849. The summed E-state index contributed by atoms with van der Waals surface area (Å²) in [4.78, 5) is 35.1. The van der Waals surface area contributed by atoms with Crippen LogP contribution in [-0.4, -0.2) is 71.5 Å². The van der Waals surface area contributed by atoms with Crippen molar-refractivity contribution in [2.75, 3.05) is 33.7 Å². The molecule has 0 aromatic carbocycles. The molecule has 10 heteroatoms. The number of hydrogen-bond acceptors (Lipinski definition) is 5. The van der Waals surface area contributed by atoms with Crippen LogP contribution in [0.3, 0.4) is 0 Å². The van der Waals surface area contributed by atoms with E-state index in [0.29, 0.717) is 36.6 Å². The SMILES string of the molecule is CCC(CC)C(=O)N1CCC[C@@H](c2nc3c(c(=O)[nH]2)CN(S(=O)(=O)N(C)C)CC3)C1. The van der Waals surface area contributed by atoms with Crippen LogP contribution in [0.4, 0.5) is 0 Å². The maximum Gasteiger partial charge on any atom is 0.281 e. The maximum atomic E-state index is 12.8. The van der Waals surface area contributed by atoms with Gasteiger partial charge in [0.2, 0.25) is 5.91 Å². The van der Waals surface area contributed by atoms with Crippen LogP contribution in [0.1, 0.15) is 62.5 Å². The lowest BCUT2D eigenvalue weighted by Crippen LogP contribution is -2.45. The van der Waals surface area contributed by atoms with Crippen LogP contribution in [0.5, 0.6) is 0 Å². The Balaban J connectivity index is 1.80. The van der Waals surface area contributed by atoms with Crippen LogP contribution < -0.4 is 5.56 Å². The second-order valence-electron chi connectivity index (χ2n) is 8.39. The van der Waals surface area contributed by atoms with Gasteiger partial charge in [-0.15, -0.1) is 0 Å². The van der Waals surface area contributed by atoms with Crippen molar-refractivity contribution in [3.05, 3.63) is 27.4 Å². The summed E-state index contributed by atoms with van der Waals surface area (Å²) in [6, 6.07) is 0. The van der Waals surface area contributed by atoms with Gasteiger partial charge in [-0.2, -0.15) is 17.0 Å². The van der Waals surface area contributed by atoms with Gasteiger partial charge in [0, 0.05) is 58.5 Å². The lowest BCUT2D eigenvalue weighted by Gasteiger charge is -2.35. The molecule has 1 atom stereocenters. The van der Waals surface area contributed by atoms with E-state index in [0.717, 1.165) is 36.5 Å². The molecule has 1 saturated heterocycles. The Morgan fingerprint density at radius 2 is 1.97 bits per heavy atom. The fraction of sp³-hybridized carbons (Fsp3) is 0.750. The predicted molar refractivity (Wildman–Crippen MR) is 114 cm³/mol. The highest BCUT2D eigenvalue weighted by atomic mass is 32.2. The summed E-state index contributed by atoms with van der Waals surface area (Å²) in [6.45, 7) is 5.72. The van der Waals surface area contributed by atoms with Gasteiger partial charge in [0.25, 0.3) is 15.8 Å². The Hall–Kier alpha value is -1.78. The van der Waals surface area contributed by atoms with E-state index in [-0.39, 0.29) is 29.8 Å². The molecule has 1 amide bonds. The number of likely N-dealkylation sites (tertiary alicyclic amines) is 1. The van der Waals surface area contributed by atoms with E-state index in [1.165, 1.54) is 18.4 Å². The fourth-order valence-corrected chi connectivity index (χ4v) is 5.41. The average molecular weight is 440 g/mol. The van der Waals surface area contributed by atoms with Gasteiger partial charge in [-0.25, -0.2) is 4.98 Å². The van der Waals surface area contributed by atoms with Crippen LogP contribution >= 0.6 is 0 Å². The molecule has 0 aliphatic carbocycles. The van der Waals surface area contributed by atoms with Crippen LogP contribution in [0.25, 0.3) is 0 Å². The van der Waals surface area contributed by atoms with Crippen molar-refractivity contribution in [1.29, 1.82) is 0 Å². The monoisotopic (exact) mass is 439 g/mol. The van der Waals surface area contributed by atoms with Crippen molar-refractivity contribution < 1.29 is 13.2 Å². The second-order valence-corrected chi connectivity index (χ2v) is 10.5. The van der Waals surface area contributed by atoms with Gasteiger partial charge in [-0.05, 0) is 25.7 Å². The highest BCUT2D eigenvalue weighted by Gasteiger charge is 2.33. The number of fused-ring (bicyclic) bond motifs is 1. The molecule has 1 fully saturated rings. The Bertz CT molecular complexity index is 939. The fourth-order valence-electron chi connectivity index (χ4n) is 4.34. The number of hydrogen-bond donors (Lipinski definition) is 1. The molecule has 0 unspecified atom stereocenters. The van der Waals surface area contributed by atoms with Crippen molar-refractivity contribution in [3.8, 4) is 0 Å². The maximum absolute atomic E-state index is 12.8. The van der Waals surface area contributed by atoms with E-state index in [1.54, 1.807) is 0 Å². The third-order valence-corrected chi connectivity index (χ3v) is 8.18. The molecule has 0 radical (unpaired) electrons. The standard InChI is InChI=1S/C20H33N5O4S/c1-5-14(6-2)20(27)24-10-7-8-15(12-24)18-21-17-9-11-25(30(28,29)23(3)4)13-16(17)19(26)22-18/h14-15H,5-13H2,1-4H3,(H,21,22,26)/t15-/m1/s1. The molecule has 168 valence electrons. The Kier molecular flexibility index (Phi) is 6.98. The Labute approximate surface area is 178 Å². The molecular weight excluding hydrogens is 406 g/mol. The summed E-state index contributed by atoms with van der Waals surface area (Å²) in [7, 11) is -0.618. The van der Waals surface area contributed by atoms with Crippen molar-refractivity contribution in [1.82, 2.24) is 23.5 Å². The third kappa shape index (κ3) is 4.45. The molecule has 3 heterocycles. The smallest absolute Gasteiger partial charge is 0.281 e. The minimum atomic E-state index is -3.58. The summed E-state index contributed by atoms with van der Waals surface area (Å²) in [5, 5.41) is 0. The number of rotatable bonds is 6. The molecular formula is C20H33N5O4S. The Morgan fingerprint density at radius 3 is 2.60 bits per heavy atom. The predicted octanol–water partition coefficient (Wildman–Crippen LogP) is 1.08. The number of carbonyl (C=O) groups excluding carboxylic acids is 1. The molecule has 3 rings (SSSR count). The topological polar surface area (TPSA) is 107 Å². The van der Waals surface area contributed by atoms with Gasteiger partial charge in [0.15, 0.2) is 0 Å². The molecule has 0 spiro atoms. The molecule has 1 aromatic heterocycles. The zero-order valence-electron chi connectivity index (χ0n) is 18.3. The largest absolute Gasteiger partial charge is 0.342 e. The molecule has 9 nitrogen and oxygen atoms in total. The number of carbonyl (C=O) groups is 1. The van der Waals surface area contributed by atoms with Crippen LogP contribution in [-0.2, 0) is 28.0 Å². The second kappa shape index (κ2) is 9.15. The minimum absolute atomic E-state index is 0.00130. The van der Waals surface area contributed by atoms with E-state index < -0.39 is 10.2 Å². The van der Waals surface area contributed by atoms with Gasteiger partial charge in [-0.1, -0.05) is 13.8 Å². The van der Waals surface area contributed by atoms with Crippen LogP contribution in [0.2, 0.25) is 0 Å². The van der Waals surface area contributed by atoms with Gasteiger partial charge in [0.1, 0.15) is 5.82 Å². The van der Waals surface area contributed by atoms with E-state index in [4.69, 9.17) is 4.98 Å². The summed E-state index contributed by atoms with van der Waals surface area (Å²) >= 11 is 0. The van der Waals surface area contributed by atoms with Crippen molar-refractivity contribution >= 4 is 16.1 Å². The zero-order chi connectivity index (χ0) is 22.1. The van der Waals surface area contributed by atoms with Crippen LogP contribution in [0, 0.1) is 5.92 Å². The number of aromatic nitrogens is 2. The molecule has 0 bridgehead atoms. The first-order valence-corrected chi connectivity index (χ1v) is 12.2. The third-order valence-electron chi connectivity index (χ3n) is 6.29. The highest BCUT2D eigenvalue weighted by molar-refractivity contribution is 7.86. The Morgan fingerprint density at radius 1 is 1.27 bits per heavy atom. The quantitative estimate of drug-likeness (QED) is 0.714. The first-order valence-electron chi connectivity index (χ1n) is 10.8. The summed E-state index contributed by atoms with van der Waals surface area (Å²) in [5.41, 5.74) is 0.802. The van der Waals surface area contributed by atoms with Crippen molar-refractivity contribution in [2.24, 2.45) is 5.92 Å². The first-order chi connectivity index (χ1) is 14.2. The molecule has 2 aliphatic heterocycles. The number of amides is 1. The lowest BCUT2D eigenvalue weighted by atomic mass is 9.94. The molecule has 1 N–H and O–H groups in total. The minimum Gasteiger partial charge on any atom is -0.342 e. The molecule has 0 saturated carbocycles. The van der Waals surface area contributed by atoms with E-state index in [9.17, 15) is 18.0 Å². The first kappa shape index (κ1) is 22.9.